The Morgan fingerprint density at radius 1 is 1.25 bits per heavy atom. The minimum absolute atomic E-state index is 0.0297. The molecule has 1 saturated heterocycles. The van der Waals surface area contributed by atoms with Crippen molar-refractivity contribution in [3.63, 3.8) is 0 Å². The number of esters is 1. The summed E-state index contributed by atoms with van der Waals surface area (Å²) in [7, 11) is 0. The topological polar surface area (TPSA) is 75.7 Å². The third kappa shape index (κ3) is 4.67. The fourth-order valence-electron chi connectivity index (χ4n) is 2.87. The van der Waals surface area contributed by atoms with E-state index in [1.54, 1.807) is 0 Å². The Labute approximate surface area is 166 Å². The lowest BCUT2D eigenvalue weighted by atomic mass is 10.1. The van der Waals surface area contributed by atoms with Crippen LogP contribution in [-0.4, -0.2) is 30.9 Å². The van der Waals surface area contributed by atoms with Crippen LogP contribution in [0.1, 0.15) is 12.0 Å². The van der Waals surface area contributed by atoms with E-state index in [4.69, 9.17) is 16.3 Å². The van der Waals surface area contributed by atoms with Gasteiger partial charge in [-0.1, -0.05) is 29.3 Å². The zero-order valence-electron chi connectivity index (χ0n) is 15.1. The molecule has 2 aromatic rings. The Balaban J connectivity index is 1.52. The molecule has 1 heterocycles. The van der Waals surface area contributed by atoms with Crippen LogP contribution >= 0.6 is 11.6 Å². The largest absolute Gasteiger partial charge is 0.455 e. The zero-order chi connectivity index (χ0) is 20.3. The van der Waals surface area contributed by atoms with E-state index in [9.17, 15) is 18.8 Å². The minimum Gasteiger partial charge on any atom is -0.455 e. The SMILES string of the molecule is Cc1ccc(N2C[C@@H](C(=O)OCC(=O)Nc3ccc(F)c(Cl)c3)CC2=O)cc1. The van der Waals surface area contributed by atoms with Crippen molar-refractivity contribution in [2.75, 3.05) is 23.4 Å². The van der Waals surface area contributed by atoms with Gasteiger partial charge in [0.25, 0.3) is 5.91 Å². The summed E-state index contributed by atoms with van der Waals surface area (Å²) in [6, 6.07) is 11.1. The third-order valence-corrected chi connectivity index (χ3v) is 4.64. The number of carbonyl (C=O) groups is 3. The molecule has 6 nitrogen and oxygen atoms in total. The van der Waals surface area contributed by atoms with Crippen LogP contribution in [0.4, 0.5) is 15.8 Å². The quantitative estimate of drug-likeness (QED) is 0.776. The van der Waals surface area contributed by atoms with E-state index in [1.807, 2.05) is 31.2 Å². The second-order valence-electron chi connectivity index (χ2n) is 6.53. The average Bonchev–Trinajstić information content (AvgIpc) is 3.05. The molecule has 2 aromatic carbocycles. The Bertz CT molecular complexity index is 917. The molecule has 0 saturated carbocycles. The van der Waals surface area contributed by atoms with E-state index < -0.39 is 30.2 Å². The molecular formula is C20H18ClFN2O4. The second kappa shape index (κ2) is 8.39. The molecule has 1 N–H and O–H groups in total. The van der Waals surface area contributed by atoms with Crippen molar-refractivity contribution in [3.05, 3.63) is 58.9 Å². The molecule has 8 heteroatoms. The maximum Gasteiger partial charge on any atom is 0.311 e. The van der Waals surface area contributed by atoms with Crippen molar-refractivity contribution < 1.29 is 23.5 Å². The number of aryl methyl sites for hydroxylation is 1. The van der Waals surface area contributed by atoms with E-state index in [-0.39, 0.29) is 29.6 Å². The lowest BCUT2D eigenvalue weighted by Crippen LogP contribution is -2.28. The summed E-state index contributed by atoms with van der Waals surface area (Å²) in [4.78, 5) is 37.9. The van der Waals surface area contributed by atoms with Crippen LogP contribution in [0.15, 0.2) is 42.5 Å². The Kier molecular flexibility index (Phi) is 5.94. The summed E-state index contributed by atoms with van der Waals surface area (Å²) in [6.07, 6.45) is 0.0297. The van der Waals surface area contributed by atoms with Gasteiger partial charge in [0.15, 0.2) is 6.61 Å². The first kappa shape index (κ1) is 19.8. The van der Waals surface area contributed by atoms with Gasteiger partial charge in [0.05, 0.1) is 10.9 Å². The lowest BCUT2D eigenvalue weighted by Gasteiger charge is -2.16. The number of ether oxygens (including phenoxy) is 1. The Morgan fingerprint density at radius 3 is 2.64 bits per heavy atom. The molecule has 1 atom stereocenters. The molecule has 1 fully saturated rings. The molecule has 2 amide bonds. The van der Waals surface area contributed by atoms with Crippen LogP contribution in [0.5, 0.6) is 0 Å². The summed E-state index contributed by atoms with van der Waals surface area (Å²) in [5.74, 6) is -2.61. The standard InChI is InChI=1S/C20H18ClFN2O4/c1-12-2-5-15(6-3-12)24-10-13(8-19(24)26)20(27)28-11-18(25)23-14-4-7-17(22)16(21)9-14/h2-7,9,13H,8,10-11H2,1H3,(H,23,25)/t13-/m0/s1. The lowest BCUT2D eigenvalue weighted by molar-refractivity contribution is -0.151. The van der Waals surface area contributed by atoms with Gasteiger partial charge in [0, 0.05) is 24.3 Å². The normalized spacial score (nSPS) is 16.2. The third-order valence-electron chi connectivity index (χ3n) is 4.35. The first-order chi connectivity index (χ1) is 13.3. The Morgan fingerprint density at radius 2 is 1.96 bits per heavy atom. The Hall–Kier alpha value is -2.93. The van der Waals surface area contributed by atoms with Crippen LogP contribution in [0.2, 0.25) is 5.02 Å². The van der Waals surface area contributed by atoms with Gasteiger partial charge in [0.1, 0.15) is 5.82 Å². The number of carbonyl (C=O) groups excluding carboxylic acids is 3. The summed E-state index contributed by atoms with van der Waals surface area (Å²) in [5, 5.41) is 2.33. The zero-order valence-corrected chi connectivity index (χ0v) is 15.8. The van der Waals surface area contributed by atoms with Crippen LogP contribution in [-0.2, 0) is 19.1 Å². The predicted molar refractivity (Wildman–Crippen MR) is 103 cm³/mol. The molecule has 28 heavy (non-hydrogen) atoms. The molecule has 1 aliphatic rings. The van der Waals surface area contributed by atoms with Gasteiger partial charge in [0.2, 0.25) is 5.91 Å². The average molecular weight is 405 g/mol. The van der Waals surface area contributed by atoms with Gasteiger partial charge >= 0.3 is 5.97 Å². The van der Waals surface area contributed by atoms with Crippen molar-refractivity contribution in [2.45, 2.75) is 13.3 Å². The van der Waals surface area contributed by atoms with E-state index in [0.29, 0.717) is 0 Å². The van der Waals surface area contributed by atoms with Crippen LogP contribution in [0, 0.1) is 18.7 Å². The molecule has 0 aliphatic carbocycles. The maximum atomic E-state index is 13.1. The molecule has 0 aromatic heterocycles. The number of halogens is 2. The molecule has 3 rings (SSSR count). The number of nitrogens with zero attached hydrogens (tertiary/aromatic N) is 1. The fraction of sp³-hybridized carbons (Fsp3) is 0.250. The highest BCUT2D eigenvalue weighted by Crippen LogP contribution is 2.26. The molecule has 146 valence electrons. The van der Waals surface area contributed by atoms with E-state index in [2.05, 4.69) is 5.32 Å². The van der Waals surface area contributed by atoms with Gasteiger partial charge in [-0.15, -0.1) is 0 Å². The monoisotopic (exact) mass is 404 g/mol. The van der Waals surface area contributed by atoms with Crippen molar-refractivity contribution in [3.8, 4) is 0 Å². The predicted octanol–water partition coefficient (Wildman–Crippen LogP) is 3.32. The van der Waals surface area contributed by atoms with E-state index in [1.165, 1.54) is 17.0 Å². The summed E-state index contributed by atoms with van der Waals surface area (Å²) < 4.78 is 18.2. The maximum absolute atomic E-state index is 13.1. The first-order valence-corrected chi connectivity index (χ1v) is 9.00. The van der Waals surface area contributed by atoms with Crippen molar-refractivity contribution >= 4 is 40.8 Å². The highest BCUT2D eigenvalue weighted by molar-refractivity contribution is 6.31. The molecular weight excluding hydrogens is 387 g/mol. The number of hydrogen-bond donors (Lipinski definition) is 1. The first-order valence-electron chi connectivity index (χ1n) is 8.62. The number of anilines is 2. The van der Waals surface area contributed by atoms with Crippen molar-refractivity contribution in [2.24, 2.45) is 5.92 Å². The number of benzene rings is 2. The van der Waals surface area contributed by atoms with E-state index >= 15 is 0 Å². The van der Waals surface area contributed by atoms with Gasteiger partial charge in [-0.05, 0) is 37.3 Å². The van der Waals surface area contributed by atoms with Gasteiger partial charge < -0.3 is 15.0 Å². The van der Waals surface area contributed by atoms with Crippen LogP contribution < -0.4 is 10.2 Å². The molecule has 0 radical (unpaired) electrons. The van der Waals surface area contributed by atoms with Gasteiger partial charge in [-0.3, -0.25) is 14.4 Å². The number of nitrogens with one attached hydrogen (secondary N) is 1. The van der Waals surface area contributed by atoms with Gasteiger partial charge in [-0.2, -0.15) is 0 Å². The van der Waals surface area contributed by atoms with Crippen LogP contribution in [0.3, 0.4) is 0 Å². The number of hydrogen-bond acceptors (Lipinski definition) is 4. The van der Waals surface area contributed by atoms with Crippen molar-refractivity contribution in [1.82, 2.24) is 0 Å². The second-order valence-corrected chi connectivity index (χ2v) is 6.93. The molecule has 0 unspecified atom stereocenters. The number of rotatable bonds is 5. The molecule has 0 bridgehead atoms. The highest BCUT2D eigenvalue weighted by Gasteiger charge is 2.36. The van der Waals surface area contributed by atoms with Crippen molar-refractivity contribution in [1.29, 1.82) is 0 Å². The minimum atomic E-state index is -0.637. The highest BCUT2D eigenvalue weighted by atomic mass is 35.5. The summed E-state index contributed by atoms with van der Waals surface area (Å²) >= 11 is 5.65. The smallest absolute Gasteiger partial charge is 0.311 e. The number of amides is 2. The summed E-state index contributed by atoms with van der Waals surface area (Å²) in [5.41, 5.74) is 2.07. The fourth-order valence-corrected chi connectivity index (χ4v) is 3.05. The van der Waals surface area contributed by atoms with E-state index in [0.717, 1.165) is 17.3 Å². The van der Waals surface area contributed by atoms with Crippen LogP contribution in [0.25, 0.3) is 0 Å². The molecule has 1 aliphatic heterocycles. The van der Waals surface area contributed by atoms with Gasteiger partial charge in [-0.25, -0.2) is 4.39 Å². The molecule has 0 spiro atoms. The summed E-state index contributed by atoms with van der Waals surface area (Å²) in [6.45, 7) is 1.64.